The van der Waals surface area contributed by atoms with Crippen LogP contribution in [0.5, 0.6) is 0 Å². The molecule has 0 spiro atoms. The van der Waals surface area contributed by atoms with Gasteiger partial charge in [0, 0.05) is 12.8 Å². The van der Waals surface area contributed by atoms with E-state index in [9.17, 15) is 19.0 Å². The number of quaternary nitrogens is 1. The fourth-order valence-corrected chi connectivity index (χ4v) is 8.09. The second-order valence-electron chi connectivity index (χ2n) is 20.0. The number of phosphoric ester groups is 1. The first kappa shape index (κ1) is 70.9. The lowest BCUT2D eigenvalue weighted by atomic mass is 10.0. The lowest BCUT2D eigenvalue weighted by Gasteiger charge is -2.27. The number of allylic oxidation sites excluding steroid dienone is 23. The van der Waals surface area contributed by atoms with Crippen LogP contribution in [0.4, 0.5) is 0 Å². The quantitative estimate of drug-likeness (QED) is 0.0205. The van der Waals surface area contributed by atoms with Crippen LogP contribution in [0.3, 0.4) is 0 Å². The number of nitrogens with one attached hydrogen (secondary N) is 1. The number of ether oxygens (including phenoxy) is 1. The molecule has 3 unspecified atom stereocenters. The summed E-state index contributed by atoms with van der Waals surface area (Å²) < 4.78 is 30.5. The van der Waals surface area contributed by atoms with Gasteiger partial charge in [-0.3, -0.25) is 18.6 Å². The Hall–Kier alpha value is -4.11. The molecule has 0 aliphatic heterocycles. The van der Waals surface area contributed by atoms with E-state index in [2.05, 4.69) is 148 Å². The zero-order valence-electron chi connectivity index (χ0n) is 48.2. The van der Waals surface area contributed by atoms with Crippen molar-refractivity contribution in [2.75, 3.05) is 40.9 Å². The minimum absolute atomic E-state index is 0.00935. The second kappa shape index (κ2) is 53.3. The molecule has 424 valence electrons. The Morgan fingerprint density at radius 1 is 0.480 bits per heavy atom. The summed E-state index contributed by atoms with van der Waals surface area (Å²) in [5.41, 5.74) is 0. The molecule has 0 heterocycles. The summed E-state index contributed by atoms with van der Waals surface area (Å²) >= 11 is 0. The molecule has 0 saturated heterocycles. The van der Waals surface area contributed by atoms with Crippen molar-refractivity contribution in [3.05, 3.63) is 146 Å². The molecule has 0 aromatic heterocycles. The van der Waals surface area contributed by atoms with Gasteiger partial charge in [-0.25, -0.2) is 4.57 Å². The van der Waals surface area contributed by atoms with Gasteiger partial charge in [0.05, 0.1) is 33.8 Å². The molecule has 0 radical (unpaired) electrons. The van der Waals surface area contributed by atoms with Crippen molar-refractivity contribution in [1.82, 2.24) is 5.32 Å². The van der Waals surface area contributed by atoms with Crippen molar-refractivity contribution in [3.8, 4) is 0 Å². The second-order valence-corrected chi connectivity index (χ2v) is 21.5. The number of carbonyl (C=O) groups is 2. The highest BCUT2D eigenvalue weighted by molar-refractivity contribution is 7.47. The topological polar surface area (TPSA) is 111 Å². The third kappa shape index (κ3) is 54.5. The molecule has 0 bridgehead atoms. The van der Waals surface area contributed by atoms with Gasteiger partial charge in [0.15, 0.2) is 0 Å². The van der Waals surface area contributed by atoms with Gasteiger partial charge in [-0.2, -0.15) is 0 Å². The Bertz CT molecular complexity index is 1790. The first-order chi connectivity index (χ1) is 36.4. The summed E-state index contributed by atoms with van der Waals surface area (Å²) in [6.07, 6.45) is 77.3. The maximum absolute atomic E-state index is 13.5. The Kier molecular flexibility index (Phi) is 50.4. The molecule has 0 fully saturated rings. The standard InChI is InChI=1S/C65H107N2O7P/c1-7-10-13-16-19-22-25-28-30-32-33-35-36-39-42-45-48-51-54-57-64(68)66-62(61-73-75(70,71)72-60-59-67(4,5)6)63(56-53-50-47-44-41-38-27-24-21-18-15-12-9-3)74-65(69)58-55-52-49-46-43-40-37-34-31-29-26-23-20-17-14-11-8-2/h10-11,13-14,19-20,22-23,28-31,33,35,37,39-40,42,46,48-49,51,53,56,62-63H,7-9,12,15-18,21,24-27,32,34,36,38,41,43-45,47,50,52,54-55,57-61H2,1-6H3,(H-,66,68,70,71)/p+1/b13-10-,14-11-,22-19-,23-20-,30-28-,31-29-,35-33-,40-37-,42-39-,49-46-,51-48-,56-53+. The highest BCUT2D eigenvalue weighted by atomic mass is 31.2. The van der Waals surface area contributed by atoms with Gasteiger partial charge in [0.1, 0.15) is 19.3 Å². The van der Waals surface area contributed by atoms with Crippen LogP contribution in [0, 0.1) is 0 Å². The van der Waals surface area contributed by atoms with Crippen molar-refractivity contribution in [3.63, 3.8) is 0 Å². The van der Waals surface area contributed by atoms with E-state index in [0.717, 1.165) is 96.3 Å². The highest BCUT2D eigenvalue weighted by Gasteiger charge is 2.30. The molecule has 0 aliphatic rings. The largest absolute Gasteiger partial charge is 0.472 e. The van der Waals surface area contributed by atoms with Gasteiger partial charge in [-0.05, 0) is 109 Å². The number of phosphoric acid groups is 1. The van der Waals surface area contributed by atoms with Crippen LogP contribution in [0.15, 0.2) is 146 Å². The van der Waals surface area contributed by atoms with Gasteiger partial charge in [-0.15, -0.1) is 0 Å². The molecule has 0 aliphatic carbocycles. The first-order valence-corrected chi connectivity index (χ1v) is 30.7. The monoisotopic (exact) mass is 1060 g/mol. The zero-order chi connectivity index (χ0) is 55.0. The Labute approximate surface area is 459 Å². The van der Waals surface area contributed by atoms with E-state index in [1.54, 1.807) is 6.08 Å². The highest BCUT2D eigenvalue weighted by Crippen LogP contribution is 2.43. The van der Waals surface area contributed by atoms with Crippen LogP contribution in [-0.2, 0) is 27.9 Å². The van der Waals surface area contributed by atoms with Gasteiger partial charge < -0.3 is 19.4 Å². The average Bonchev–Trinajstić information content (AvgIpc) is 3.37. The van der Waals surface area contributed by atoms with Crippen molar-refractivity contribution >= 4 is 19.7 Å². The van der Waals surface area contributed by atoms with E-state index in [4.69, 9.17) is 13.8 Å². The van der Waals surface area contributed by atoms with Crippen LogP contribution >= 0.6 is 7.82 Å². The third-order valence-electron chi connectivity index (χ3n) is 11.8. The molecule has 2 N–H and O–H groups in total. The van der Waals surface area contributed by atoms with Crippen LogP contribution in [0.25, 0.3) is 0 Å². The number of esters is 1. The minimum Gasteiger partial charge on any atom is -0.456 e. The van der Waals surface area contributed by atoms with Gasteiger partial charge in [-0.1, -0.05) is 225 Å². The van der Waals surface area contributed by atoms with Crippen molar-refractivity contribution in [2.45, 2.75) is 213 Å². The number of likely N-dealkylation sites (N-methyl/N-ethyl adjacent to an activating group) is 1. The summed E-state index contributed by atoms with van der Waals surface area (Å²) in [5.74, 6) is -0.685. The molecular formula is C65H108N2O7P+. The molecule has 0 saturated carbocycles. The summed E-state index contributed by atoms with van der Waals surface area (Å²) in [7, 11) is 1.39. The molecular weight excluding hydrogens is 952 g/mol. The number of hydrogen-bond donors (Lipinski definition) is 2. The van der Waals surface area contributed by atoms with Crippen LogP contribution in [-0.4, -0.2) is 74.3 Å². The summed E-state index contributed by atoms with van der Waals surface area (Å²) in [6, 6.07) is -0.922. The van der Waals surface area contributed by atoms with Crippen LogP contribution in [0.1, 0.15) is 201 Å². The van der Waals surface area contributed by atoms with E-state index in [1.807, 2.05) is 39.4 Å². The number of amides is 1. The Morgan fingerprint density at radius 3 is 1.29 bits per heavy atom. The molecule has 75 heavy (non-hydrogen) atoms. The van der Waals surface area contributed by atoms with E-state index >= 15 is 0 Å². The number of nitrogens with zero attached hydrogens (tertiary/aromatic N) is 1. The van der Waals surface area contributed by atoms with Gasteiger partial charge >= 0.3 is 13.8 Å². The molecule has 1 amide bonds. The van der Waals surface area contributed by atoms with E-state index in [-0.39, 0.29) is 32.0 Å². The Morgan fingerprint density at radius 2 is 0.867 bits per heavy atom. The van der Waals surface area contributed by atoms with E-state index in [1.165, 1.54) is 57.8 Å². The zero-order valence-corrected chi connectivity index (χ0v) is 49.1. The average molecular weight is 1060 g/mol. The van der Waals surface area contributed by atoms with Crippen LogP contribution in [0.2, 0.25) is 0 Å². The molecule has 0 aromatic rings. The van der Waals surface area contributed by atoms with Crippen molar-refractivity contribution in [2.24, 2.45) is 0 Å². The SMILES string of the molecule is CC/C=C\C/C=C\C/C=C\C/C=C\C/C=C\C/C=C\CCC(=O)NC(COP(=O)(O)OCC[N+](C)(C)C)C(/C=C/CCCCCCCCCCCCC)OC(=O)CCC/C=C\C/C=C\C/C=C\C/C=C\C/C=C\CC. The smallest absolute Gasteiger partial charge is 0.456 e. The molecule has 3 atom stereocenters. The molecule has 0 aromatic carbocycles. The fraction of sp³-hybridized carbons (Fsp3) is 0.600. The van der Waals surface area contributed by atoms with Crippen molar-refractivity contribution < 1.29 is 37.3 Å². The predicted molar refractivity (Wildman–Crippen MR) is 322 cm³/mol. The molecule has 10 heteroatoms. The maximum atomic E-state index is 13.5. The predicted octanol–water partition coefficient (Wildman–Crippen LogP) is 17.9. The first-order valence-electron chi connectivity index (χ1n) is 29.2. The van der Waals surface area contributed by atoms with E-state index in [0.29, 0.717) is 23.9 Å². The number of carbonyl (C=O) groups excluding carboxylic acids is 2. The fourth-order valence-electron chi connectivity index (χ4n) is 7.35. The number of rotatable bonds is 50. The normalized spacial score (nSPS) is 14.8. The Balaban J connectivity index is 5.59. The lowest BCUT2D eigenvalue weighted by molar-refractivity contribution is -0.870. The van der Waals surface area contributed by atoms with Gasteiger partial charge in [0.25, 0.3) is 0 Å². The number of hydrogen-bond acceptors (Lipinski definition) is 6. The summed E-state index contributed by atoms with van der Waals surface area (Å²) in [6.45, 7) is 6.66. The molecule has 0 rings (SSSR count). The molecule has 9 nitrogen and oxygen atoms in total. The lowest BCUT2D eigenvalue weighted by Crippen LogP contribution is -2.47. The van der Waals surface area contributed by atoms with Gasteiger partial charge in [0.2, 0.25) is 5.91 Å². The summed E-state index contributed by atoms with van der Waals surface area (Å²) in [4.78, 5) is 37.6. The minimum atomic E-state index is -4.49. The van der Waals surface area contributed by atoms with E-state index < -0.39 is 25.9 Å². The summed E-state index contributed by atoms with van der Waals surface area (Å²) in [5, 5.41) is 2.98. The van der Waals surface area contributed by atoms with Crippen molar-refractivity contribution in [1.29, 1.82) is 0 Å². The number of unbranched alkanes of at least 4 members (excludes halogenated alkanes) is 12. The maximum Gasteiger partial charge on any atom is 0.472 e. The third-order valence-corrected chi connectivity index (χ3v) is 12.8. The van der Waals surface area contributed by atoms with Crippen LogP contribution < -0.4 is 5.32 Å².